The van der Waals surface area contributed by atoms with Gasteiger partial charge in [-0.25, -0.2) is 4.98 Å². The minimum absolute atomic E-state index is 0.473. The van der Waals surface area contributed by atoms with Crippen LogP contribution < -0.4 is 14.8 Å². The van der Waals surface area contributed by atoms with Crippen molar-refractivity contribution in [1.29, 1.82) is 0 Å². The van der Waals surface area contributed by atoms with Crippen LogP contribution in [-0.2, 0) is 6.54 Å². The van der Waals surface area contributed by atoms with Gasteiger partial charge in [0.05, 0.1) is 31.1 Å². The van der Waals surface area contributed by atoms with Gasteiger partial charge in [0.1, 0.15) is 0 Å². The molecule has 2 aromatic rings. The zero-order valence-electron chi connectivity index (χ0n) is 11.1. The molecule has 106 valence electrons. The fourth-order valence-electron chi connectivity index (χ4n) is 1.76. The van der Waals surface area contributed by atoms with Crippen LogP contribution in [0.3, 0.4) is 0 Å². The van der Waals surface area contributed by atoms with E-state index in [1.165, 1.54) is 19.4 Å². The lowest BCUT2D eigenvalue weighted by atomic mass is 10.2. The second kappa shape index (κ2) is 6.43. The number of nitrogens with zero attached hydrogens (tertiary/aromatic N) is 1. The number of anilines is 1. The summed E-state index contributed by atoms with van der Waals surface area (Å²) in [5, 5.41) is 3.59. The molecule has 6 heteroatoms. The number of ether oxygens (including phenoxy) is 2. The Morgan fingerprint density at radius 3 is 2.65 bits per heavy atom. The van der Waals surface area contributed by atoms with Gasteiger partial charge in [0, 0.05) is 6.54 Å². The summed E-state index contributed by atoms with van der Waals surface area (Å²) in [5.41, 5.74) is 1.63. The maximum absolute atomic E-state index is 12.7. The number of aromatic nitrogens is 1. The summed E-state index contributed by atoms with van der Waals surface area (Å²) in [6, 6.07) is 6.52. The number of benzene rings is 1. The number of halogens is 2. The average Bonchev–Trinajstić information content (AvgIpc) is 2.46. The first-order chi connectivity index (χ1) is 9.63. The maximum Gasteiger partial charge on any atom is 0.212 e. The standard InChI is InChI=1S/C14H14ClFN2O2/c1-19-12-6-9(5-11(15)14(12)20-2)7-17-10-3-4-13(16)18-8-10/h3-6,8,17H,7H2,1-2H3. The zero-order valence-corrected chi connectivity index (χ0v) is 11.9. The van der Waals surface area contributed by atoms with Gasteiger partial charge in [-0.2, -0.15) is 4.39 Å². The highest BCUT2D eigenvalue weighted by Gasteiger charge is 2.10. The van der Waals surface area contributed by atoms with E-state index in [-0.39, 0.29) is 0 Å². The SMILES string of the molecule is COc1cc(CNc2ccc(F)nc2)cc(Cl)c1OC. The summed E-state index contributed by atoms with van der Waals surface area (Å²) < 4.78 is 23.1. The Bertz CT molecular complexity index is 590. The molecule has 1 aromatic heterocycles. The minimum atomic E-state index is -0.510. The second-order valence-electron chi connectivity index (χ2n) is 4.04. The molecule has 0 atom stereocenters. The molecule has 1 aromatic carbocycles. The van der Waals surface area contributed by atoms with Crippen LogP contribution in [0.25, 0.3) is 0 Å². The summed E-state index contributed by atoms with van der Waals surface area (Å²) in [7, 11) is 3.08. The molecule has 0 saturated heterocycles. The van der Waals surface area contributed by atoms with Gasteiger partial charge < -0.3 is 14.8 Å². The van der Waals surface area contributed by atoms with E-state index in [1.807, 2.05) is 6.07 Å². The lowest BCUT2D eigenvalue weighted by molar-refractivity contribution is 0.355. The van der Waals surface area contributed by atoms with Gasteiger partial charge in [0.2, 0.25) is 5.95 Å². The smallest absolute Gasteiger partial charge is 0.212 e. The summed E-state index contributed by atoms with van der Waals surface area (Å²) >= 11 is 6.12. The monoisotopic (exact) mass is 296 g/mol. The molecule has 0 aliphatic heterocycles. The lowest BCUT2D eigenvalue weighted by Crippen LogP contribution is -2.01. The molecule has 2 rings (SSSR count). The van der Waals surface area contributed by atoms with Crippen LogP contribution in [0.4, 0.5) is 10.1 Å². The number of methoxy groups -OCH3 is 2. The minimum Gasteiger partial charge on any atom is -0.493 e. The molecule has 0 amide bonds. The molecule has 1 heterocycles. The van der Waals surface area contributed by atoms with E-state index in [0.717, 1.165) is 11.3 Å². The number of rotatable bonds is 5. The highest BCUT2D eigenvalue weighted by atomic mass is 35.5. The van der Waals surface area contributed by atoms with Crippen LogP contribution in [0.2, 0.25) is 5.02 Å². The van der Waals surface area contributed by atoms with E-state index < -0.39 is 5.95 Å². The topological polar surface area (TPSA) is 43.4 Å². The molecule has 0 unspecified atom stereocenters. The molecule has 20 heavy (non-hydrogen) atoms. The van der Waals surface area contributed by atoms with Crippen molar-refractivity contribution in [3.05, 3.63) is 47.0 Å². The third-order valence-electron chi connectivity index (χ3n) is 2.72. The molecule has 1 N–H and O–H groups in total. The van der Waals surface area contributed by atoms with Crippen LogP contribution in [0.5, 0.6) is 11.5 Å². The summed E-state index contributed by atoms with van der Waals surface area (Å²) in [6.07, 6.45) is 1.43. The third-order valence-corrected chi connectivity index (χ3v) is 3.00. The predicted octanol–water partition coefficient (Wildman–Crippen LogP) is 3.50. The van der Waals surface area contributed by atoms with Crippen LogP contribution in [0, 0.1) is 5.95 Å². The van der Waals surface area contributed by atoms with E-state index in [9.17, 15) is 4.39 Å². The summed E-state index contributed by atoms with van der Waals surface area (Å²) in [4.78, 5) is 3.57. The number of hydrogen-bond donors (Lipinski definition) is 1. The van der Waals surface area contributed by atoms with Crippen molar-refractivity contribution in [1.82, 2.24) is 4.98 Å². The number of pyridine rings is 1. The lowest BCUT2D eigenvalue weighted by Gasteiger charge is -2.12. The third kappa shape index (κ3) is 3.30. The Morgan fingerprint density at radius 2 is 2.05 bits per heavy atom. The van der Waals surface area contributed by atoms with Crippen LogP contribution >= 0.6 is 11.6 Å². The Morgan fingerprint density at radius 1 is 1.25 bits per heavy atom. The van der Waals surface area contributed by atoms with Gasteiger partial charge in [-0.3, -0.25) is 0 Å². The van der Waals surface area contributed by atoms with E-state index in [0.29, 0.717) is 23.1 Å². The molecular weight excluding hydrogens is 283 g/mol. The fraction of sp³-hybridized carbons (Fsp3) is 0.214. The van der Waals surface area contributed by atoms with Crippen molar-refractivity contribution in [2.45, 2.75) is 6.54 Å². The zero-order chi connectivity index (χ0) is 14.5. The largest absolute Gasteiger partial charge is 0.493 e. The van der Waals surface area contributed by atoms with Gasteiger partial charge in [0.25, 0.3) is 0 Å². The number of hydrogen-bond acceptors (Lipinski definition) is 4. The normalized spacial score (nSPS) is 10.2. The highest BCUT2D eigenvalue weighted by Crippen LogP contribution is 2.36. The Kier molecular flexibility index (Phi) is 4.63. The van der Waals surface area contributed by atoms with Crippen molar-refractivity contribution in [2.75, 3.05) is 19.5 Å². The van der Waals surface area contributed by atoms with E-state index in [2.05, 4.69) is 10.3 Å². The van der Waals surface area contributed by atoms with Crippen LogP contribution in [0.1, 0.15) is 5.56 Å². The van der Waals surface area contributed by atoms with Crippen LogP contribution in [-0.4, -0.2) is 19.2 Å². The maximum atomic E-state index is 12.7. The van der Waals surface area contributed by atoms with E-state index >= 15 is 0 Å². The molecule has 0 radical (unpaired) electrons. The average molecular weight is 297 g/mol. The van der Waals surface area contributed by atoms with Crippen molar-refractivity contribution in [3.63, 3.8) is 0 Å². The Hall–Kier alpha value is -2.01. The molecule has 0 bridgehead atoms. The molecule has 0 saturated carbocycles. The molecule has 0 fully saturated rings. The number of nitrogens with one attached hydrogen (secondary N) is 1. The first kappa shape index (κ1) is 14.4. The predicted molar refractivity (Wildman–Crippen MR) is 76.1 cm³/mol. The van der Waals surface area contributed by atoms with E-state index in [4.69, 9.17) is 21.1 Å². The van der Waals surface area contributed by atoms with Crippen molar-refractivity contribution < 1.29 is 13.9 Å². The van der Waals surface area contributed by atoms with Gasteiger partial charge in [-0.1, -0.05) is 11.6 Å². The first-order valence-electron chi connectivity index (χ1n) is 5.90. The van der Waals surface area contributed by atoms with Crippen molar-refractivity contribution in [2.24, 2.45) is 0 Å². The molecule has 0 aliphatic rings. The fourth-order valence-corrected chi connectivity index (χ4v) is 2.07. The molecule has 0 aliphatic carbocycles. The quantitative estimate of drug-likeness (QED) is 0.858. The van der Waals surface area contributed by atoms with Gasteiger partial charge in [-0.15, -0.1) is 0 Å². The molecule has 0 spiro atoms. The Labute approximate surface area is 121 Å². The first-order valence-corrected chi connectivity index (χ1v) is 6.27. The van der Waals surface area contributed by atoms with Crippen molar-refractivity contribution in [3.8, 4) is 11.5 Å². The molecular formula is C14H14ClFN2O2. The summed E-state index contributed by atoms with van der Waals surface area (Å²) in [6.45, 7) is 0.507. The highest BCUT2D eigenvalue weighted by molar-refractivity contribution is 6.32. The van der Waals surface area contributed by atoms with Crippen molar-refractivity contribution >= 4 is 17.3 Å². The van der Waals surface area contributed by atoms with E-state index in [1.54, 1.807) is 19.2 Å². The Balaban J connectivity index is 2.13. The second-order valence-corrected chi connectivity index (χ2v) is 4.44. The van der Waals surface area contributed by atoms with Gasteiger partial charge in [0.15, 0.2) is 11.5 Å². The van der Waals surface area contributed by atoms with Gasteiger partial charge in [-0.05, 0) is 29.8 Å². The van der Waals surface area contributed by atoms with Crippen LogP contribution in [0.15, 0.2) is 30.5 Å². The summed E-state index contributed by atoms with van der Waals surface area (Å²) in [5.74, 6) is 0.556. The van der Waals surface area contributed by atoms with Gasteiger partial charge >= 0.3 is 0 Å². The molecule has 4 nitrogen and oxygen atoms in total.